The lowest BCUT2D eigenvalue weighted by Gasteiger charge is -2.35. The molecule has 1 fully saturated rings. The van der Waals surface area contributed by atoms with Gasteiger partial charge in [-0.25, -0.2) is 0 Å². The lowest BCUT2D eigenvalue weighted by Crippen LogP contribution is -2.46. The quantitative estimate of drug-likeness (QED) is 0.877. The van der Waals surface area contributed by atoms with Crippen molar-refractivity contribution in [3.05, 3.63) is 28.7 Å². The second-order valence-corrected chi connectivity index (χ2v) is 5.48. The van der Waals surface area contributed by atoms with Crippen molar-refractivity contribution in [2.75, 3.05) is 24.6 Å². The number of benzene rings is 1. The van der Waals surface area contributed by atoms with E-state index in [1.807, 2.05) is 0 Å². The summed E-state index contributed by atoms with van der Waals surface area (Å²) in [5.74, 6) is 0. The third-order valence-corrected chi connectivity index (χ3v) is 3.85. The molecular weight excluding hydrogens is 280 g/mol. The van der Waals surface area contributed by atoms with Crippen LogP contribution in [-0.2, 0) is 0 Å². The molecule has 1 aromatic carbocycles. The molecule has 0 radical (unpaired) electrons. The highest BCUT2D eigenvalue weighted by atomic mass is 79.9. The summed E-state index contributed by atoms with van der Waals surface area (Å²) in [5.41, 5.74) is 1.18. The Bertz CT molecular complexity index is 355. The van der Waals surface area contributed by atoms with Crippen molar-refractivity contribution in [2.45, 2.75) is 25.4 Å². The maximum absolute atomic E-state index is 9.53. The van der Waals surface area contributed by atoms with Crippen LogP contribution in [0.3, 0.4) is 0 Å². The molecule has 0 bridgehead atoms. The Labute approximate surface area is 111 Å². The van der Waals surface area contributed by atoms with Crippen molar-refractivity contribution in [2.24, 2.45) is 0 Å². The number of anilines is 1. The molecule has 0 aromatic heterocycles. The van der Waals surface area contributed by atoms with Gasteiger partial charge in [-0.1, -0.05) is 15.9 Å². The van der Waals surface area contributed by atoms with Crippen LogP contribution in [0.1, 0.15) is 13.3 Å². The van der Waals surface area contributed by atoms with E-state index in [1.54, 1.807) is 0 Å². The van der Waals surface area contributed by atoms with Crippen LogP contribution >= 0.6 is 15.9 Å². The molecule has 3 nitrogen and oxygen atoms in total. The van der Waals surface area contributed by atoms with Gasteiger partial charge in [0, 0.05) is 22.7 Å². The van der Waals surface area contributed by atoms with E-state index in [-0.39, 0.29) is 12.6 Å². The van der Waals surface area contributed by atoms with Gasteiger partial charge in [0.05, 0.1) is 12.6 Å². The Morgan fingerprint density at radius 3 is 2.76 bits per heavy atom. The van der Waals surface area contributed by atoms with Gasteiger partial charge in [0.1, 0.15) is 0 Å². The van der Waals surface area contributed by atoms with Gasteiger partial charge < -0.3 is 15.3 Å². The molecule has 0 aliphatic carbocycles. The maximum Gasteiger partial charge on any atom is 0.0648 e. The Morgan fingerprint density at radius 2 is 2.12 bits per heavy atom. The Balaban J connectivity index is 2.26. The first-order valence-electron chi connectivity index (χ1n) is 6.08. The first kappa shape index (κ1) is 12.9. The molecule has 1 aromatic rings. The van der Waals surface area contributed by atoms with E-state index in [0.717, 1.165) is 24.0 Å². The van der Waals surface area contributed by atoms with Crippen molar-refractivity contribution in [1.29, 1.82) is 0 Å². The first-order valence-corrected chi connectivity index (χ1v) is 6.87. The van der Waals surface area contributed by atoms with Gasteiger partial charge in [-0.2, -0.15) is 0 Å². The number of rotatable bonds is 2. The zero-order valence-corrected chi connectivity index (χ0v) is 11.7. The fourth-order valence-corrected chi connectivity index (χ4v) is 2.67. The number of hydrogen-bond donors (Lipinski definition) is 2. The highest BCUT2D eigenvalue weighted by molar-refractivity contribution is 9.10. The average Bonchev–Trinajstić information content (AvgIpc) is 2.52. The number of nitrogens with one attached hydrogen (secondary N) is 1. The molecule has 2 rings (SSSR count). The SMILES string of the molecule is CC1CCNCC(CO)N1c1ccc(Br)cc1. The average molecular weight is 299 g/mol. The third-order valence-electron chi connectivity index (χ3n) is 3.32. The van der Waals surface area contributed by atoms with Gasteiger partial charge in [0.2, 0.25) is 0 Å². The predicted molar refractivity (Wildman–Crippen MR) is 74.4 cm³/mol. The largest absolute Gasteiger partial charge is 0.394 e. The lowest BCUT2D eigenvalue weighted by atomic mass is 10.1. The van der Waals surface area contributed by atoms with Crippen LogP contribution in [0.2, 0.25) is 0 Å². The molecule has 2 unspecified atom stereocenters. The Hall–Kier alpha value is -0.580. The minimum atomic E-state index is 0.161. The second kappa shape index (κ2) is 5.85. The molecule has 1 saturated heterocycles. The topological polar surface area (TPSA) is 35.5 Å². The number of nitrogens with zero attached hydrogens (tertiary/aromatic N) is 1. The summed E-state index contributed by atoms with van der Waals surface area (Å²) in [4.78, 5) is 2.33. The van der Waals surface area contributed by atoms with Crippen LogP contribution in [0.25, 0.3) is 0 Å². The van der Waals surface area contributed by atoms with Crippen LogP contribution in [0.5, 0.6) is 0 Å². The summed E-state index contributed by atoms with van der Waals surface area (Å²) in [6.45, 7) is 4.27. The van der Waals surface area contributed by atoms with E-state index < -0.39 is 0 Å². The van der Waals surface area contributed by atoms with Gasteiger partial charge in [-0.3, -0.25) is 0 Å². The summed E-state index contributed by atoms with van der Waals surface area (Å²) in [6.07, 6.45) is 1.10. The molecule has 1 aliphatic rings. The smallest absolute Gasteiger partial charge is 0.0648 e. The lowest BCUT2D eigenvalue weighted by molar-refractivity contribution is 0.255. The van der Waals surface area contributed by atoms with Crippen LogP contribution < -0.4 is 10.2 Å². The molecule has 0 amide bonds. The molecule has 1 heterocycles. The van der Waals surface area contributed by atoms with E-state index >= 15 is 0 Å². The highest BCUT2D eigenvalue weighted by Crippen LogP contribution is 2.24. The van der Waals surface area contributed by atoms with Crippen molar-refractivity contribution >= 4 is 21.6 Å². The first-order chi connectivity index (χ1) is 8.22. The van der Waals surface area contributed by atoms with Crippen molar-refractivity contribution in [3.63, 3.8) is 0 Å². The van der Waals surface area contributed by atoms with E-state index in [4.69, 9.17) is 0 Å². The van der Waals surface area contributed by atoms with Crippen molar-refractivity contribution in [1.82, 2.24) is 5.32 Å². The van der Waals surface area contributed by atoms with Crippen molar-refractivity contribution < 1.29 is 5.11 Å². The van der Waals surface area contributed by atoms with E-state index in [0.29, 0.717) is 6.04 Å². The zero-order chi connectivity index (χ0) is 12.3. The van der Waals surface area contributed by atoms with Crippen LogP contribution in [-0.4, -0.2) is 36.9 Å². The van der Waals surface area contributed by atoms with Gasteiger partial charge >= 0.3 is 0 Å². The highest BCUT2D eigenvalue weighted by Gasteiger charge is 2.25. The van der Waals surface area contributed by atoms with E-state index in [2.05, 4.69) is 57.3 Å². The standard InChI is InChI=1S/C13H19BrN2O/c1-10-6-7-15-8-13(9-17)16(10)12-4-2-11(14)3-5-12/h2-5,10,13,15,17H,6-9H2,1H3. The Kier molecular flexibility index (Phi) is 4.42. The van der Waals surface area contributed by atoms with Gasteiger partial charge in [0.15, 0.2) is 0 Å². The summed E-state index contributed by atoms with van der Waals surface area (Å²) in [5, 5.41) is 12.9. The summed E-state index contributed by atoms with van der Waals surface area (Å²) < 4.78 is 1.09. The summed E-state index contributed by atoms with van der Waals surface area (Å²) in [6, 6.07) is 8.92. The summed E-state index contributed by atoms with van der Waals surface area (Å²) in [7, 11) is 0. The van der Waals surface area contributed by atoms with Crippen LogP contribution in [0.4, 0.5) is 5.69 Å². The molecule has 1 aliphatic heterocycles. The maximum atomic E-state index is 9.53. The molecule has 17 heavy (non-hydrogen) atoms. The fourth-order valence-electron chi connectivity index (χ4n) is 2.41. The predicted octanol–water partition coefficient (Wildman–Crippen LogP) is 2.00. The summed E-state index contributed by atoms with van der Waals surface area (Å²) >= 11 is 3.45. The molecule has 2 atom stereocenters. The second-order valence-electron chi connectivity index (χ2n) is 4.56. The number of aliphatic hydroxyl groups excluding tert-OH is 1. The van der Waals surface area contributed by atoms with Gasteiger partial charge in [0.25, 0.3) is 0 Å². The molecular formula is C13H19BrN2O. The van der Waals surface area contributed by atoms with Crippen LogP contribution in [0, 0.1) is 0 Å². The number of aliphatic hydroxyl groups is 1. The normalized spacial score (nSPS) is 25.7. The minimum absolute atomic E-state index is 0.161. The molecule has 94 valence electrons. The van der Waals surface area contributed by atoms with E-state index in [1.165, 1.54) is 5.69 Å². The molecule has 2 N–H and O–H groups in total. The zero-order valence-electron chi connectivity index (χ0n) is 10.1. The van der Waals surface area contributed by atoms with E-state index in [9.17, 15) is 5.11 Å². The van der Waals surface area contributed by atoms with Gasteiger partial charge in [-0.15, -0.1) is 0 Å². The number of halogens is 1. The number of hydrogen-bond acceptors (Lipinski definition) is 3. The van der Waals surface area contributed by atoms with Crippen molar-refractivity contribution in [3.8, 4) is 0 Å². The fraction of sp³-hybridized carbons (Fsp3) is 0.538. The molecule has 0 saturated carbocycles. The van der Waals surface area contributed by atoms with Crippen LogP contribution in [0.15, 0.2) is 28.7 Å². The molecule has 4 heteroatoms. The Morgan fingerprint density at radius 1 is 1.41 bits per heavy atom. The minimum Gasteiger partial charge on any atom is -0.394 e. The monoisotopic (exact) mass is 298 g/mol. The third kappa shape index (κ3) is 3.00. The van der Waals surface area contributed by atoms with Gasteiger partial charge in [-0.05, 0) is 44.2 Å². The molecule has 0 spiro atoms.